The smallest absolute Gasteiger partial charge is 0.433 e. The Labute approximate surface area is 145 Å². The average Bonchev–Trinajstić information content (AvgIpc) is 3.26. The number of ether oxygens (including phenoxy) is 2. The molecule has 0 N–H and O–H groups in total. The summed E-state index contributed by atoms with van der Waals surface area (Å²) in [5, 5.41) is 11.1. The van der Waals surface area contributed by atoms with E-state index >= 15 is 0 Å². The lowest BCUT2D eigenvalue weighted by atomic mass is 10.1. The van der Waals surface area contributed by atoms with Gasteiger partial charge in [0, 0.05) is 11.6 Å². The molecule has 3 aromatic rings. The number of aromatic nitrogens is 1. The highest BCUT2D eigenvalue weighted by Crippen LogP contribution is 2.43. The van der Waals surface area contributed by atoms with Crippen molar-refractivity contribution >= 4 is 28.6 Å². The van der Waals surface area contributed by atoms with Crippen molar-refractivity contribution in [2.75, 3.05) is 7.11 Å². The number of benzene rings is 1. The van der Waals surface area contributed by atoms with Gasteiger partial charge in [-0.15, -0.1) is 0 Å². The first-order chi connectivity index (χ1) is 12.1. The van der Waals surface area contributed by atoms with Gasteiger partial charge in [-0.25, -0.2) is 9.98 Å². The van der Waals surface area contributed by atoms with E-state index in [-0.39, 0.29) is 5.88 Å². The van der Waals surface area contributed by atoms with E-state index in [1.54, 1.807) is 7.11 Å². The SMILES string of the molecule is COc1ccc2c(c1)OCc1sc(N=Cc3ccc([N+](=O)[O-])o3)nc1-2. The summed E-state index contributed by atoms with van der Waals surface area (Å²) < 4.78 is 16.0. The molecule has 1 aromatic carbocycles. The summed E-state index contributed by atoms with van der Waals surface area (Å²) in [5.74, 6) is 1.40. The van der Waals surface area contributed by atoms with Crippen LogP contribution in [0.25, 0.3) is 11.3 Å². The standard InChI is InChI=1S/C16H11N3O5S/c1-22-9-2-4-11-12(6-9)23-8-13-15(11)18-16(25-13)17-7-10-3-5-14(24-10)19(20)21/h2-7H,8H2,1H3. The molecule has 0 fully saturated rings. The highest BCUT2D eigenvalue weighted by atomic mass is 32.1. The highest BCUT2D eigenvalue weighted by Gasteiger charge is 2.22. The van der Waals surface area contributed by atoms with Crippen LogP contribution >= 0.6 is 11.3 Å². The highest BCUT2D eigenvalue weighted by molar-refractivity contribution is 7.15. The van der Waals surface area contributed by atoms with Gasteiger partial charge in [-0.1, -0.05) is 11.3 Å². The molecule has 0 unspecified atom stereocenters. The summed E-state index contributed by atoms with van der Waals surface area (Å²) in [6.07, 6.45) is 1.41. The molecule has 0 saturated heterocycles. The molecule has 1 aliphatic rings. The van der Waals surface area contributed by atoms with Crippen molar-refractivity contribution in [3.05, 3.63) is 51.1 Å². The fourth-order valence-electron chi connectivity index (χ4n) is 2.42. The molecule has 4 rings (SSSR count). The molecule has 0 spiro atoms. The van der Waals surface area contributed by atoms with Crippen molar-refractivity contribution in [3.63, 3.8) is 0 Å². The molecule has 0 aliphatic carbocycles. The van der Waals surface area contributed by atoms with Gasteiger partial charge in [0.15, 0.2) is 5.76 Å². The minimum Gasteiger partial charge on any atom is -0.497 e. The van der Waals surface area contributed by atoms with Crippen LogP contribution in [0.4, 0.5) is 11.0 Å². The summed E-state index contributed by atoms with van der Waals surface area (Å²) >= 11 is 1.40. The zero-order chi connectivity index (χ0) is 17.4. The average molecular weight is 357 g/mol. The third kappa shape index (κ3) is 2.85. The van der Waals surface area contributed by atoms with Crippen LogP contribution in [0.3, 0.4) is 0 Å². The first-order valence-electron chi connectivity index (χ1n) is 7.23. The second-order valence-electron chi connectivity index (χ2n) is 5.11. The number of furan rings is 1. The zero-order valence-electron chi connectivity index (χ0n) is 13.0. The molecule has 3 heterocycles. The van der Waals surface area contributed by atoms with Crippen LogP contribution in [-0.4, -0.2) is 23.2 Å². The molecule has 0 bridgehead atoms. The molecule has 1 aliphatic heterocycles. The maximum Gasteiger partial charge on any atom is 0.433 e. The van der Waals surface area contributed by atoms with E-state index in [1.165, 1.54) is 29.7 Å². The lowest BCUT2D eigenvalue weighted by Crippen LogP contribution is -2.03. The zero-order valence-corrected chi connectivity index (χ0v) is 13.8. The number of aliphatic imine (C=N–C) groups is 1. The van der Waals surface area contributed by atoms with E-state index in [0.717, 1.165) is 21.9 Å². The molecule has 0 amide bonds. The third-order valence-corrected chi connectivity index (χ3v) is 4.52. The van der Waals surface area contributed by atoms with Gasteiger partial charge in [-0.2, -0.15) is 0 Å². The van der Waals surface area contributed by atoms with E-state index in [1.807, 2.05) is 18.2 Å². The van der Waals surface area contributed by atoms with Gasteiger partial charge < -0.3 is 13.9 Å². The van der Waals surface area contributed by atoms with E-state index < -0.39 is 4.92 Å². The van der Waals surface area contributed by atoms with Crippen LogP contribution in [0.1, 0.15) is 10.6 Å². The van der Waals surface area contributed by atoms with Crippen LogP contribution in [0.15, 0.2) is 39.7 Å². The maximum absolute atomic E-state index is 10.6. The number of thiazole rings is 1. The summed E-state index contributed by atoms with van der Waals surface area (Å²) in [6, 6.07) is 8.34. The predicted molar refractivity (Wildman–Crippen MR) is 91.1 cm³/mol. The molecule has 8 nitrogen and oxygen atoms in total. The van der Waals surface area contributed by atoms with E-state index in [2.05, 4.69) is 9.98 Å². The van der Waals surface area contributed by atoms with E-state index in [4.69, 9.17) is 13.9 Å². The quantitative estimate of drug-likeness (QED) is 0.398. The van der Waals surface area contributed by atoms with Gasteiger partial charge in [0.05, 0.1) is 30.0 Å². The minimum atomic E-state index is -0.595. The Morgan fingerprint density at radius 3 is 3.04 bits per heavy atom. The molecule has 2 aromatic heterocycles. The number of rotatable bonds is 4. The number of fused-ring (bicyclic) bond motifs is 3. The van der Waals surface area contributed by atoms with Crippen LogP contribution in [-0.2, 0) is 6.61 Å². The van der Waals surface area contributed by atoms with Crippen LogP contribution in [0, 0.1) is 10.1 Å². The van der Waals surface area contributed by atoms with Crippen LogP contribution in [0.2, 0.25) is 0 Å². The van der Waals surface area contributed by atoms with Crippen molar-refractivity contribution in [1.82, 2.24) is 4.98 Å². The topological polar surface area (TPSA) is 100.0 Å². The minimum absolute atomic E-state index is 0.293. The van der Waals surface area contributed by atoms with E-state index in [0.29, 0.717) is 23.2 Å². The van der Waals surface area contributed by atoms with Crippen LogP contribution < -0.4 is 9.47 Å². The number of nitrogens with zero attached hydrogens (tertiary/aromatic N) is 3. The lowest BCUT2D eigenvalue weighted by molar-refractivity contribution is -0.402. The fourth-order valence-corrected chi connectivity index (χ4v) is 3.25. The maximum atomic E-state index is 10.6. The Kier molecular flexibility index (Phi) is 3.69. The van der Waals surface area contributed by atoms with Gasteiger partial charge in [-0.05, 0) is 18.2 Å². The van der Waals surface area contributed by atoms with Crippen molar-refractivity contribution < 1.29 is 18.8 Å². The van der Waals surface area contributed by atoms with Crippen molar-refractivity contribution in [2.24, 2.45) is 4.99 Å². The largest absolute Gasteiger partial charge is 0.497 e. The Morgan fingerprint density at radius 1 is 1.40 bits per heavy atom. The summed E-state index contributed by atoms with van der Waals surface area (Å²) in [4.78, 5) is 19.8. The van der Waals surface area contributed by atoms with Gasteiger partial charge in [0.2, 0.25) is 5.13 Å². The normalized spacial score (nSPS) is 12.5. The number of hydrogen-bond acceptors (Lipinski definition) is 8. The van der Waals surface area contributed by atoms with Gasteiger partial charge in [-0.3, -0.25) is 10.1 Å². The van der Waals surface area contributed by atoms with Crippen molar-refractivity contribution in [1.29, 1.82) is 0 Å². The first-order valence-corrected chi connectivity index (χ1v) is 8.05. The molecule has 9 heteroatoms. The van der Waals surface area contributed by atoms with Crippen LogP contribution in [0.5, 0.6) is 11.5 Å². The molecule has 0 saturated carbocycles. The van der Waals surface area contributed by atoms with Crippen molar-refractivity contribution in [3.8, 4) is 22.8 Å². The number of hydrogen-bond donors (Lipinski definition) is 0. The molecule has 0 atom stereocenters. The van der Waals surface area contributed by atoms with Crippen molar-refractivity contribution in [2.45, 2.75) is 6.61 Å². The van der Waals surface area contributed by atoms with Gasteiger partial charge in [0.1, 0.15) is 23.0 Å². The Balaban J connectivity index is 1.62. The van der Waals surface area contributed by atoms with E-state index in [9.17, 15) is 10.1 Å². The molecule has 126 valence electrons. The number of methoxy groups -OCH3 is 1. The number of nitro groups is 1. The predicted octanol–water partition coefficient (Wildman–Crippen LogP) is 3.96. The van der Waals surface area contributed by atoms with Gasteiger partial charge >= 0.3 is 5.88 Å². The second kappa shape index (κ2) is 6.02. The Morgan fingerprint density at radius 2 is 2.28 bits per heavy atom. The molecule has 25 heavy (non-hydrogen) atoms. The van der Waals surface area contributed by atoms with Gasteiger partial charge in [0.25, 0.3) is 0 Å². The second-order valence-corrected chi connectivity index (χ2v) is 6.17. The lowest BCUT2D eigenvalue weighted by Gasteiger charge is -2.16. The fraction of sp³-hybridized carbons (Fsp3) is 0.125. The monoisotopic (exact) mass is 357 g/mol. The molecular weight excluding hydrogens is 346 g/mol. The third-order valence-electron chi connectivity index (χ3n) is 3.58. The first kappa shape index (κ1) is 15.3. The Hall–Kier alpha value is -3.20. The summed E-state index contributed by atoms with van der Waals surface area (Å²) in [6.45, 7) is 0.412. The molecule has 0 radical (unpaired) electrons. The molecular formula is C16H11N3O5S. The summed E-state index contributed by atoms with van der Waals surface area (Å²) in [5.41, 5.74) is 1.71. The summed E-state index contributed by atoms with van der Waals surface area (Å²) in [7, 11) is 1.60. The Bertz CT molecular complexity index is 992.